The van der Waals surface area contributed by atoms with Crippen LogP contribution in [0.15, 0.2) is 12.1 Å². The first-order valence-corrected chi connectivity index (χ1v) is 6.32. The van der Waals surface area contributed by atoms with Gasteiger partial charge in [-0.25, -0.2) is 0 Å². The Morgan fingerprint density at radius 1 is 1.47 bits per heavy atom. The Bertz CT molecular complexity index is 535. The molecular weight excluding hydrogens is 374 g/mol. The Balaban J connectivity index is 3.29. The standard InChI is InChI=1S/C12H9F3INO2/c1-2-19-11(18)4-7-3-8(16)5-10(9(7)6-17)12(13,14)15/h3,5H,2,4H2,1H3. The molecule has 102 valence electrons. The molecule has 1 aromatic rings. The first-order chi connectivity index (χ1) is 8.79. The molecule has 0 spiro atoms. The van der Waals surface area contributed by atoms with E-state index in [0.717, 1.165) is 6.07 Å². The van der Waals surface area contributed by atoms with Gasteiger partial charge in [-0.15, -0.1) is 0 Å². The summed E-state index contributed by atoms with van der Waals surface area (Å²) in [6.07, 6.45) is -4.98. The molecule has 0 amide bonds. The molecular formula is C12H9F3INO2. The van der Waals surface area contributed by atoms with E-state index >= 15 is 0 Å². The minimum absolute atomic E-state index is 0.0279. The zero-order chi connectivity index (χ0) is 14.6. The predicted molar refractivity (Wildman–Crippen MR) is 69.2 cm³/mol. The number of nitrogens with zero attached hydrogens (tertiary/aromatic N) is 1. The molecule has 0 bridgehead atoms. The molecule has 19 heavy (non-hydrogen) atoms. The summed E-state index contributed by atoms with van der Waals surface area (Å²) >= 11 is 1.71. The number of carbonyl (C=O) groups excluding carboxylic acids is 1. The van der Waals surface area contributed by atoms with Crippen LogP contribution in [0.2, 0.25) is 0 Å². The second-order valence-corrected chi connectivity index (χ2v) is 4.82. The number of ether oxygens (including phenoxy) is 1. The lowest BCUT2D eigenvalue weighted by Gasteiger charge is -2.13. The quantitative estimate of drug-likeness (QED) is 0.595. The van der Waals surface area contributed by atoms with E-state index in [0.29, 0.717) is 3.57 Å². The Morgan fingerprint density at radius 3 is 2.58 bits per heavy atom. The maximum absolute atomic E-state index is 12.8. The molecule has 0 N–H and O–H groups in total. The number of alkyl halides is 3. The molecule has 1 aromatic carbocycles. The molecule has 0 atom stereocenters. The van der Waals surface area contributed by atoms with Crippen LogP contribution in [0.5, 0.6) is 0 Å². The van der Waals surface area contributed by atoms with Crippen molar-refractivity contribution in [2.24, 2.45) is 0 Å². The fourth-order valence-electron chi connectivity index (χ4n) is 1.53. The van der Waals surface area contributed by atoms with Gasteiger partial charge in [0.2, 0.25) is 0 Å². The first kappa shape index (κ1) is 15.8. The van der Waals surface area contributed by atoms with Crippen LogP contribution >= 0.6 is 22.6 Å². The summed E-state index contributed by atoms with van der Waals surface area (Å²) in [5, 5.41) is 8.89. The molecule has 0 fully saturated rings. The Morgan fingerprint density at radius 2 is 2.11 bits per heavy atom. The summed E-state index contributed by atoms with van der Waals surface area (Å²) in [5.41, 5.74) is -1.53. The lowest BCUT2D eigenvalue weighted by atomic mass is 9.99. The van der Waals surface area contributed by atoms with E-state index in [1.807, 2.05) is 0 Å². The number of carbonyl (C=O) groups is 1. The molecule has 0 aliphatic rings. The van der Waals surface area contributed by atoms with E-state index in [-0.39, 0.29) is 18.6 Å². The second kappa shape index (κ2) is 6.23. The minimum atomic E-state index is -4.63. The van der Waals surface area contributed by atoms with Crippen LogP contribution in [0.1, 0.15) is 23.6 Å². The molecule has 0 aromatic heterocycles. The highest BCUT2D eigenvalue weighted by Gasteiger charge is 2.35. The lowest BCUT2D eigenvalue weighted by Crippen LogP contribution is -2.14. The van der Waals surface area contributed by atoms with Gasteiger partial charge in [0.05, 0.1) is 24.2 Å². The van der Waals surface area contributed by atoms with Gasteiger partial charge in [-0.1, -0.05) is 0 Å². The largest absolute Gasteiger partial charge is 0.466 e. The van der Waals surface area contributed by atoms with Gasteiger partial charge in [0.15, 0.2) is 0 Å². The number of nitriles is 1. The van der Waals surface area contributed by atoms with E-state index in [2.05, 4.69) is 4.74 Å². The smallest absolute Gasteiger partial charge is 0.417 e. The van der Waals surface area contributed by atoms with Crippen molar-refractivity contribution in [3.05, 3.63) is 32.4 Å². The van der Waals surface area contributed by atoms with Crippen LogP contribution in [-0.2, 0) is 22.1 Å². The van der Waals surface area contributed by atoms with Crippen molar-refractivity contribution >= 4 is 28.6 Å². The van der Waals surface area contributed by atoms with E-state index in [1.54, 1.807) is 29.5 Å². The van der Waals surface area contributed by atoms with Crippen LogP contribution in [0.3, 0.4) is 0 Å². The highest BCUT2D eigenvalue weighted by Crippen LogP contribution is 2.34. The maximum Gasteiger partial charge on any atom is 0.417 e. The number of benzene rings is 1. The Hall–Kier alpha value is -1.30. The first-order valence-electron chi connectivity index (χ1n) is 5.25. The highest BCUT2D eigenvalue weighted by atomic mass is 127. The third-order valence-corrected chi connectivity index (χ3v) is 2.86. The van der Waals surface area contributed by atoms with E-state index < -0.39 is 23.3 Å². The maximum atomic E-state index is 12.8. The van der Waals surface area contributed by atoms with Crippen molar-refractivity contribution in [2.75, 3.05) is 6.61 Å². The molecule has 1 rings (SSSR count). The van der Waals surface area contributed by atoms with Crippen molar-refractivity contribution in [3.63, 3.8) is 0 Å². The SMILES string of the molecule is CCOC(=O)Cc1cc(I)cc(C(F)(F)F)c1C#N. The van der Waals surface area contributed by atoms with Crippen LogP contribution in [0.25, 0.3) is 0 Å². The number of hydrogen-bond acceptors (Lipinski definition) is 3. The summed E-state index contributed by atoms with van der Waals surface area (Å²) in [5.74, 6) is -0.658. The highest BCUT2D eigenvalue weighted by molar-refractivity contribution is 14.1. The van der Waals surface area contributed by atoms with E-state index in [1.165, 1.54) is 12.1 Å². The molecule has 0 aliphatic carbocycles. The van der Waals surface area contributed by atoms with Gasteiger partial charge in [0.1, 0.15) is 6.07 Å². The monoisotopic (exact) mass is 383 g/mol. The van der Waals surface area contributed by atoms with Gasteiger partial charge >= 0.3 is 12.1 Å². The average molecular weight is 383 g/mol. The van der Waals surface area contributed by atoms with Crippen LogP contribution in [-0.4, -0.2) is 12.6 Å². The van der Waals surface area contributed by atoms with Crippen molar-refractivity contribution in [1.29, 1.82) is 5.26 Å². The van der Waals surface area contributed by atoms with E-state index in [4.69, 9.17) is 5.26 Å². The average Bonchev–Trinajstić information content (AvgIpc) is 2.27. The van der Waals surface area contributed by atoms with Gasteiger partial charge in [0.25, 0.3) is 0 Å². The lowest BCUT2D eigenvalue weighted by molar-refractivity contribution is -0.142. The predicted octanol–water partition coefficient (Wildman–Crippen LogP) is 3.29. The van der Waals surface area contributed by atoms with Crippen LogP contribution < -0.4 is 0 Å². The van der Waals surface area contributed by atoms with Crippen molar-refractivity contribution in [2.45, 2.75) is 19.5 Å². The fraction of sp³-hybridized carbons (Fsp3) is 0.333. The Labute approximate surface area is 121 Å². The van der Waals surface area contributed by atoms with Gasteiger partial charge < -0.3 is 4.74 Å². The summed E-state index contributed by atoms with van der Waals surface area (Å²) in [6.45, 7) is 1.73. The molecule has 3 nitrogen and oxygen atoms in total. The summed E-state index contributed by atoms with van der Waals surface area (Å²) in [7, 11) is 0. The third-order valence-electron chi connectivity index (χ3n) is 2.24. The van der Waals surface area contributed by atoms with Crippen molar-refractivity contribution in [3.8, 4) is 6.07 Å². The molecule has 0 unspecified atom stereocenters. The minimum Gasteiger partial charge on any atom is -0.466 e. The van der Waals surface area contributed by atoms with Gasteiger partial charge in [-0.2, -0.15) is 18.4 Å². The van der Waals surface area contributed by atoms with Gasteiger partial charge in [-0.05, 0) is 47.2 Å². The summed E-state index contributed by atoms with van der Waals surface area (Å²) < 4.78 is 43.4. The topological polar surface area (TPSA) is 50.1 Å². The van der Waals surface area contributed by atoms with Gasteiger partial charge in [-0.3, -0.25) is 4.79 Å². The zero-order valence-corrected chi connectivity index (χ0v) is 12.0. The Kier molecular flexibility index (Phi) is 5.17. The second-order valence-electron chi connectivity index (χ2n) is 3.58. The van der Waals surface area contributed by atoms with Crippen LogP contribution in [0, 0.1) is 14.9 Å². The number of rotatable bonds is 3. The van der Waals surface area contributed by atoms with E-state index in [9.17, 15) is 18.0 Å². The molecule has 0 aliphatic heterocycles. The zero-order valence-electron chi connectivity index (χ0n) is 9.84. The third kappa shape index (κ3) is 4.09. The number of hydrogen-bond donors (Lipinski definition) is 0. The molecule has 7 heteroatoms. The van der Waals surface area contributed by atoms with Crippen LogP contribution in [0.4, 0.5) is 13.2 Å². The van der Waals surface area contributed by atoms with Crippen molar-refractivity contribution < 1.29 is 22.7 Å². The number of esters is 1. The molecule has 0 saturated heterocycles. The molecule has 0 radical (unpaired) electrons. The fourth-order valence-corrected chi connectivity index (χ4v) is 2.21. The van der Waals surface area contributed by atoms with Crippen molar-refractivity contribution in [1.82, 2.24) is 0 Å². The molecule has 0 saturated carbocycles. The normalized spacial score (nSPS) is 10.9. The van der Waals surface area contributed by atoms with Gasteiger partial charge in [0, 0.05) is 3.57 Å². The molecule has 0 heterocycles. The summed E-state index contributed by atoms with van der Waals surface area (Å²) in [6, 6.07) is 3.78. The summed E-state index contributed by atoms with van der Waals surface area (Å²) in [4.78, 5) is 11.3. The number of halogens is 4.